The number of esters is 1. The first-order valence-electron chi connectivity index (χ1n) is 12.2. The standard InChI is InChI=1S/C27H34N2O6S/c1-7-8-9-10-11-18-12-19-22(33-14-20(23(19)30)24-28-16(2)15-36-24)13-21(18)34-25(31)17(3)29-26(32)35-27(4,5)6/h12-15,17H,7-11H2,1-6H3,(H,29,32). The number of nitrogens with one attached hydrogen (secondary N) is 1. The number of carbonyl (C=O) groups excluding carboxylic acids is 2. The van der Waals surface area contributed by atoms with Crippen LogP contribution in [0.2, 0.25) is 0 Å². The summed E-state index contributed by atoms with van der Waals surface area (Å²) in [5, 5.41) is 5.39. The second kappa shape index (κ2) is 11.7. The molecule has 0 radical (unpaired) electrons. The summed E-state index contributed by atoms with van der Waals surface area (Å²) in [6, 6.07) is 2.37. The van der Waals surface area contributed by atoms with Gasteiger partial charge in [-0.15, -0.1) is 11.3 Å². The van der Waals surface area contributed by atoms with Gasteiger partial charge in [-0.25, -0.2) is 14.6 Å². The molecule has 2 heterocycles. The van der Waals surface area contributed by atoms with Crippen LogP contribution in [0, 0.1) is 6.92 Å². The number of amides is 1. The number of carbonyl (C=O) groups is 2. The van der Waals surface area contributed by atoms with Crippen molar-refractivity contribution in [3.8, 4) is 16.3 Å². The third kappa shape index (κ3) is 7.16. The Morgan fingerprint density at radius 3 is 2.58 bits per heavy atom. The van der Waals surface area contributed by atoms with Gasteiger partial charge in [-0.2, -0.15) is 0 Å². The fourth-order valence-electron chi connectivity index (χ4n) is 3.60. The van der Waals surface area contributed by atoms with Gasteiger partial charge in [0, 0.05) is 17.1 Å². The highest BCUT2D eigenvalue weighted by Crippen LogP contribution is 2.29. The molecule has 9 heteroatoms. The molecule has 1 atom stereocenters. The Hall–Kier alpha value is -3.20. The normalized spacial score (nSPS) is 12.4. The molecule has 194 valence electrons. The molecule has 36 heavy (non-hydrogen) atoms. The predicted octanol–water partition coefficient (Wildman–Crippen LogP) is 6.17. The lowest BCUT2D eigenvalue weighted by Crippen LogP contribution is -2.43. The minimum atomic E-state index is -0.939. The van der Waals surface area contributed by atoms with Gasteiger partial charge in [0.1, 0.15) is 34.2 Å². The van der Waals surface area contributed by atoms with Gasteiger partial charge in [0.05, 0.1) is 10.9 Å². The van der Waals surface area contributed by atoms with Crippen LogP contribution in [0.4, 0.5) is 4.79 Å². The van der Waals surface area contributed by atoms with Gasteiger partial charge in [-0.05, 0) is 59.1 Å². The molecule has 0 spiro atoms. The molecule has 1 aromatic carbocycles. The summed E-state index contributed by atoms with van der Waals surface area (Å²) in [4.78, 5) is 42.5. The number of rotatable bonds is 9. The van der Waals surface area contributed by atoms with E-state index in [-0.39, 0.29) is 5.43 Å². The molecule has 3 aromatic rings. The Kier molecular flexibility index (Phi) is 8.89. The van der Waals surface area contributed by atoms with Gasteiger partial charge in [0.2, 0.25) is 5.43 Å². The van der Waals surface area contributed by atoms with E-state index in [0.29, 0.717) is 33.7 Å². The van der Waals surface area contributed by atoms with Crippen LogP contribution in [0.15, 0.2) is 33.0 Å². The van der Waals surface area contributed by atoms with Crippen molar-refractivity contribution in [1.29, 1.82) is 0 Å². The smallest absolute Gasteiger partial charge is 0.408 e. The molecular formula is C27H34N2O6S. The van der Waals surface area contributed by atoms with Gasteiger partial charge in [0.15, 0.2) is 0 Å². The summed E-state index contributed by atoms with van der Waals surface area (Å²) in [6.07, 6.45) is 5.40. The Bertz CT molecular complexity index is 1290. The Morgan fingerprint density at radius 2 is 1.94 bits per heavy atom. The van der Waals surface area contributed by atoms with E-state index in [9.17, 15) is 14.4 Å². The highest BCUT2D eigenvalue weighted by Gasteiger charge is 2.24. The van der Waals surface area contributed by atoms with Crippen LogP contribution >= 0.6 is 11.3 Å². The van der Waals surface area contributed by atoms with E-state index in [1.165, 1.54) is 24.5 Å². The molecule has 0 aliphatic rings. The summed E-state index contributed by atoms with van der Waals surface area (Å²) < 4.78 is 16.7. The third-order valence-corrected chi connectivity index (χ3v) is 6.40. The number of aryl methyl sites for hydroxylation is 2. The van der Waals surface area contributed by atoms with Crippen LogP contribution in [0.3, 0.4) is 0 Å². The summed E-state index contributed by atoms with van der Waals surface area (Å²) in [6.45, 7) is 10.8. The average molecular weight is 515 g/mol. The zero-order chi connectivity index (χ0) is 26.5. The van der Waals surface area contributed by atoms with Crippen molar-refractivity contribution in [2.75, 3.05) is 0 Å². The summed E-state index contributed by atoms with van der Waals surface area (Å²) in [7, 11) is 0. The summed E-state index contributed by atoms with van der Waals surface area (Å²) in [5.74, 6) is -0.338. The largest absolute Gasteiger partial charge is 0.463 e. The second-order valence-electron chi connectivity index (χ2n) is 9.83. The number of alkyl carbamates (subject to hydrolysis) is 1. The highest BCUT2D eigenvalue weighted by atomic mass is 32.1. The van der Waals surface area contributed by atoms with E-state index in [2.05, 4.69) is 17.2 Å². The number of benzene rings is 1. The monoisotopic (exact) mass is 514 g/mol. The summed E-state index contributed by atoms with van der Waals surface area (Å²) in [5.41, 5.74) is 1.41. The zero-order valence-corrected chi connectivity index (χ0v) is 22.5. The minimum absolute atomic E-state index is 0.182. The molecule has 0 fully saturated rings. The maximum absolute atomic E-state index is 13.3. The molecule has 8 nitrogen and oxygen atoms in total. The van der Waals surface area contributed by atoms with Crippen molar-refractivity contribution in [2.24, 2.45) is 0 Å². The van der Waals surface area contributed by atoms with Gasteiger partial charge < -0.3 is 19.2 Å². The van der Waals surface area contributed by atoms with Crippen molar-refractivity contribution in [3.05, 3.63) is 45.3 Å². The maximum atomic E-state index is 13.3. The molecule has 1 unspecified atom stereocenters. The molecule has 2 aromatic heterocycles. The SMILES string of the molecule is CCCCCCc1cc2c(=O)c(-c3nc(C)cs3)coc2cc1OC(=O)C(C)NC(=O)OC(C)(C)C. The number of hydrogen-bond donors (Lipinski definition) is 1. The number of fused-ring (bicyclic) bond motifs is 1. The van der Waals surface area contributed by atoms with Crippen LogP contribution in [-0.4, -0.2) is 28.7 Å². The van der Waals surface area contributed by atoms with Crippen LogP contribution in [0.5, 0.6) is 5.75 Å². The van der Waals surface area contributed by atoms with E-state index >= 15 is 0 Å². The first kappa shape index (κ1) is 27.4. The average Bonchev–Trinajstić information content (AvgIpc) is 3.22. The third-order valence-electron chi connectivity index (χ3n) is 5.40. The van der Waals surface area contributed by atoms with Crippen molar-refractivity contribution in [2.45, 2.75) is 85.3 Å². The number of hydrogen-bond acceptors (Lipinski definition) is 8. The van der Waals surface area contributed by atoms with E-state index in [0.717, 1.165) is 36.9 Å². The van der Waals surface area contributed by atoms with Crippen molar-refractivity contribution in [1.82, 2.24) is 10.3 Å². The minimum Gasteiger partial charge on any atom is -0.463 e. The second-order valence-corrected chi connectivity index (χ2v) is 10.7. The molecule has 1 amide bonds. The summed E-state index contributed by atoms with van der Waals surface area (Å²) >= 11 is 1.39. The van der Waals surface area contributed by atoms with Gasteiger partial charge >= 0.3 is 12.1 Å². The topological polar surface area (TPSA) is 108 Å². The highest BCUT2D eigenvalue weighted by molar-refractivity contribution is 7.13. The van der Waals surface area contributed by atoms with Gasteiger partial charge in [0.25, 0.3) is 0 Å². The molecule has 0 saturated heterocycles. The van der Waals surface area contributed by atoms with Crippen LogP contribution < -0.4 is 15.5 Å². The first-order valence-corrected chi connectivity index (χ1v) is 13.1. The number of unbranched alkanes of at least 4 members (excludes halogenated alkanes) is 3. The number of nitrogens with zero attached hydrogens (tertiary/aromatic N) is 1. The van der Waals surface area contributed by atoms with Gasteiger partial charge in [-0.1, -0.05) is 26.2 Å². The Morgan fingerprint density at radius 1 is 1.19 bits per heavy atom. The van der Waals surface area contributed by atoms with E-state index in [4.69, 9.17) is 13.9 Å². The number of ether oxygens (including phenoxy) is 2. The lowest BCUT2D eigenvalue weighted by molar-refractivity contribution is -0.136. The van der Waals surface area contributed by atoms with Crippen molar-refractivity contribution < 1.29 is 23.5 Å². The van der Waals surface area contributed by atoms with E-state index in [1.807, 2.05) is 12.3 Å². The molecule has 0 bridgehead atoms. The van der Waals surface area contributed by atoms with Gasteiger partial charge in [-0.3, -0.25) is 4.79 Å². The van der Waals surface area contributed by atoms with E-state index in [1.54, 1.807) is 32.9 Å². The predicted molar refractivity (Wildman–Crippen MR) is 141 cm³/mol. The van der Waals surface area contributed by atoms with E-state index < -0.39 is 23.7 Å². The molecule has 1 N–H and O–H groups in total. The Labute approximate surface area is 215 Å². The van der Waals surface area contributed by atoms with Crippen molar-refractivity contribution in [3.63, 3.8) is 0 Å². The first-order chi connectivity index (χ1) is 17.0. The molecular weight excluding hydrogens is 480 g/mol. The van der Waals surface area contributed by atoms with Crippen LogP contribution in [0.25, 0.3) is 21.5 Å². The van der Waals surface area contributed by atoms with Crippen LogP contribution in [0.1, 0.15) is 71.6 Å². The number of aromatic nitrogens is 1. The quantitative estimate of drug-likeness (QED) is 0.207. The zero-order valence-electron chi connectivity index (χ0n) is 21.7. The molecule has 0 aliphatic heterocycles. The molecule has 0 aliphatic carbocycles. The number of thiazole rings is 1. The lowest BCUT2D eigenvalue weighted by Gasteiger charge is -2.21. The Balaban J connectivity index is 1.90. The van der Waals surface area contributed by atoms with Crippen LogP contribution in [-0.2, 0) is 16.0 Å². The lowest BCUT2D eigenvalue weighted by atomic mass is 10.0. The molecule has 0 saturated carbocycles. The molecule has 3 rings (SSSR count). The maximum Gasteiger partial charge on any atom is 0.408 e. The van der Waals surface area contributed by atoms with Crippen molar-refractivity contribution >= 4 is 34.4 Å². The fraction of sp³-hybridized carbons (Fsp3) is 0.481. The fourth-order valence-corrected chi connectivity index (χ4v) is 4.40.